The summed E-state index contributed by atoms with van der Waals surface area (Å²) in [6.45, 7) is 0.520. The van der Waals surface area contributed by atoms with E-state index in [1.54, 1.807) is 18.5 Å². The number of nitrogens with zero attached hydrogens (tertiary/aromatic N) is 1. The van der Waals surface area contributed by atoms with E-state index in [9.17, 15) is 9.18 Å². The standard InChI is InChI=1S/C12H11FN2O/c13-10-2-1-9(12(14)7-10)8-15-5-3-11(16)4-6-15/h1-7H,8,14H2. The Morgan fingerprint density at radius 3 is 2.50 bits per heavy atom. The van der Waals surface area contributed by atoms with Gasteiger partial charge < -0.3 is 10.3 Å². The Balaban J connectivity index is 2.27. The third-order valence-electron chi connectivity index (χ3n) is 2.32. The van der Waals surface area contributed by atoms with Gasteiger partial charge in [0.05, 0.1) is 0 Å². The van der Waals surface area contributed by atoms with Crippen molar-refractivity contribution in [2.75, 3.05) is 5.73 Å². The number of nitrogens with two attached hydrogens (primary N) is 1. The van der Waals surface area contributed by atoms with E-state index >= 15 is 0 Å². The number of rotatable bonds is 2. The van der Waals surface area contributed by atoms with Crippen LogP contribution in [-0.2, 0) is 6.54 Å². The van der Waals surface area contributed by atoms with Gasteiger partial charge in [0.25, 0.3) is 0 Å². The maximum atomic E-state index is 12.8. The van der Waals surface area contributed by atoms with Crippen LogP contribution in [0.1, 0.15) is 5.56 Å². The Kier molecular flexibility index (Phi) is 2.72. The van der Waals surface area contributed by atoms with Gasteiger partial charge in [-0.25, -0.2) is 4.39 Å². The monoisotopic (exact) mass is 218 g/mol. The molecule has 1 heterocycles. The average molecular weight is 218 g/mol. The number of halogens is 1. The number of hydrogen-bond acceptors (Lipinski definition) is 2. The van der Waals surface area contributed by atoms with Gasteiger partial charge in [-0.1, -0.05) is 6.07 Å². The highest BCUT2D eigenvalue weighted by Crippen LogP contribution is 2.14. The Hall–Kier alpha value is -2.10. The zero-order valence-corrected chi connectivity index (χ0v) is 8.56. The average Bonchev–Trinajstić information content (AvgIpc) is 2.25. The molecule has 0 spiro atoms. The summed E-state index contributed by atoms with van der Waals surface area (Å²) >= 11 is 0. The highest BCUT2D eigenvalue weighted by Gasteiger charge is 2.00. The number of nitrogen functional groups attached to an aromatic ring is 1. The maximum Gasteiger partial charge on any atom is 0.181 e. The topological polar surface area (TPSA) is 48.0 Å². The van der Waals surface area contributed by atoms with E-state index in [0.29, 0.717) is 12.2 Å². The Morgan fingerprint density at radius 1 is 1.19 bits per heavy atom. The van der Waals surface area contributed by atoms with Gasteiger partial charge in [0.2, 0.25) is 0 Å². The summed E-state index contributed by atoms with van der Waals surface area (Å²) in [6.07, 6.45) is 3.34. The lowest BCUT2D eigenvalue weighted by Gasteiger charge is -2.08. The van der Waals surface area contributed by atoms with Gasteiger partial charge in [-0.05, 0) is 17.7 Å². The lowest BCUT2D eigenvalue weighted by Crippen LogP contribution is -2.06. The smallest absolute Gasteiger partial charge is 0.181 e. The Morgan fingerprint density at radius 2 is 1.88 bits per heavy atom. The molecule has 4 heteroatoms. The van der Waals surface area contributed by atoms with E-state index < -0.39 is 0 Å². The van der Waals surface area contributed by atoms with Crippen molar-refractivity contribution in [2.45, 2.75) is 6.54 Å². The molecule has 0 aliphatic rings. The highest BCUT2D eigenvalue weighted by atomic mass is 19.1. The Labute approximate surface area is 92.0 Å². The molecule has 1 aromatic heterocycles. The van der Waals surface area contributed by atoms with Gasteiger partial charge in [-0.3, -0.25) is 4.79 Å². The van der Waals surface area contributed by atoms with E-state index in [0.717, 1.165) is 5.56 Å². The molecule has 0 aliphatic carbocycles. The van der Waals surface area contributed by atoms with Crippen LogP contribution in [0.3, 0.4) is 0 Å². The molecule has 0 saturated carbocycles. The van der Waals surface area contributed by atoms with Crippen LogP contribution >= 0.6 is 0 Å². The van der Waals surface area contributed by atoms with Gasteiger partial charge in [0, 0.05) is 36.8 Å². The minimum Gasteiger partial charge on any atom is -0.398 e. The summed E-state index contributed by atoms with van der Waals surface area (Å²) in [7, 11) is 0. The molecular weight excluding hydrogens is 207 g/mol. The van der Waals surface area contributed by atoms with Crippen LogP contribution in [-0.4, -0.2) is 4.57 Å². The molecule has 3 nitrogen and oxygen atoms in total. The number of anilines is 1. The second-order valence-electron chi connectivity index (χ2n) is 3.55. The number of benzene rings is 1. The normalized spacial score (nSPS) is 10.3. The van der Waals surface area contributed by atoms with Crippen molar-refractivity contribution in [1.29, 1.82) is 0 Å². The molecule has 1 aromatic carbocycles. The van der Waals surface area contributed by atoms with E-state index in [1.165, 1.54) is 24.3 Å². The molecule has 2 aromatic rings. The van der Waals surface area contributed by atoms with E-state index in [2.05, 4.69) is 0 Å². The Bertz CT molecular complexity index is 543. The second-order valence-corrected chi connectivity index (χ2v) is 3.55. The molecule has 0 radical (unpaired) electrons. The van der Waals surface area contributed by atoms with Gasteiger partial charge in [-0.2, -0.15) is 0 Å². The third-order valence-corrected chi connectivity index (χ3v) is 2.32. The number of aromatic nitrogens is 1. The fourth-order valence-corrected chi connectivity index (χ4v) is 1.46. The zero-order valence-electron chi connectivity index (χ0n) is 8.56. The molecule has 0 unspecified atom stereocenters. The van der Waals surface area contributed by atoms with Crippen molar-refractivity contribution >= 4 is 5.69 Å². The van der Waals surface area contributed by atoms with Crippen molar-refractivity contribution in [1.82, 2.24) is 4.57 Å². The first-order valence-electron chi connectivity index (χ1n) is 4.85. The molecular formula is C12H11FN2O. The van der Waals surface area contributed by atoms with Crippen LogP contribution in [0, 0.1) is 5.82 Å². The van der Waals surface area contributed by atoms with Crippen LogP contribution in [0.2, 0.25) is 0 Å². The van der Waals surface area contributed by atoms with Crippen molar-refractivity contribution in [2.24, 2.45) is 0 Å². The first-order chi connectivity index (χ1) is 7.65. The van der Waals surface area contributed by atoms with Gasteiger partial charge in [0.15, 0.2) is 5.43 Å². The zero-order chi connectivity index (χ0) is 11.5. The molecule has 2 rings (SSSR count). The van der Waals surface area contributed by atoms with Crippen molar-refractivity contribution in [3.05, 3.63) is 64.3 Å². The summed E-state index contributed by atoms with van der Waals surface area (Å²) in [5.41, 5.74) is 6.89. The lowest BCUT2D eigenvalue weighted by atomic mass is 10.2. The molecule has 0 bridgehead atoms. The predicted octanol–water partition coefficient (Wildman–Crippen LogP) is 1.62. The first-order valence-corrected chi connectivity index (χ1v) is 4.85. The third kappa shape index (κ3) is 2.28. The van der Waals surface area contributed by atoms with Crippen molar-refractivity contribution in [3.63, 3.8) is 0 Å². The summed E-state index contributed by atoms with van der Waals surface area (Å²) in [5.74, 6) is -0.346. The van der Waals surface area contributed by atoms with Crippen LogP contribution in [0.5, 0.6) is 0 Å². The molecule has 2 N–H and O–H groups in total. The minimum absolute atomic E-state index is 0.0386. The molecule has 0 aliphatic heterocycles. The summed E-state index contributed by atoms with van der Waals surface area (Å²) in [6, 6.07) is 7.24. The summed E-state index contributed by atoms with van der Waals surface area (Å²) in [5, 5.41) is 0. The highest BCUT2D eigenvalue weighted by molar-refractivity contribution is 5.46. The molecule has 82 valence electrons. The molecule has 0 amide bonds. The fourth-order valence-electron chi connectivity index (χ4n) is 1.46. The van der Waals surface area contributed by atoms with Crippen LogP contribution in [0.15, 0.2) is 47.5 Å². The van der Waals surface area contributed by atoms with Crippen molar-refractivity contribution in [3.8, 4) is 0 Å². The van der Waals surface area contributed by atoms with Crippen LogP contribution in [0.25, 0.3) is 0 Å². The fraction of sp³-hybridized carbons (Fsp3) is 0.0833. The number of hydrogen-bond donors (Lipinski definition) is 1. The number of pyridine rings is 1. The van der Waals surface area contributed by atoms with E-state index in [-0.39, 0.29) is 11.2 Å². The second kappa shape index (κ2) is 4.18. The molecule has 16 heavy (non-hydrogen) atoms. The SMILES string of the molecule is Nc1cc(F)ccc1Cn1ccc(=O)cc1. The van der Waals surface area contributed by atoms with E-state index in [1.807, 2.05) is 4.57 Å². The molecule has 0 atom stereocenters. The van der Waals surface area contributed by atoms with Gasteiger partial charge in [0.1, 0.15) is 5.82 Å². The molecule has 0 fully saturated rings. The minimum atomic E-state index is -0.346. The first kappa shape index (κ1) is 10.4. The predicted molar refractivity (Wildman–Crippen MR) is 60.6 cm³/mol. The lowest BCUT2D eigenvalue weighted by molar-refractivity contribution is 0.627. The maximum absolute atomic E-state index is 12.8. The molecule has 0 saturated heterocycles. The summed E-state index contributed by atoms with van der Waals surface area (Å²) in [4.78, 5) is 10.9. The van der Waals surface area contributed by atoms with Crippen LogP contribution < -0.4 is 11.2 Å². The quantitative estimate of drug-likeness (QED) is 0.778. The largest absolute Gasteiger partial charge is 0.398 e. The van der Waals surface area contributed by atoms with Gasteiger partial charge >= 0.3 is 0 Å². The van der Waals surface area contributed by atoms with Crippen LogP contribution in [0.4, 0.5) is 10.1 Å². The van der Waals surface area contributed by atoms with Gasteiger partial charge in [-0.15, -0.1) is 0 Å². The summed E-state index contributed by atoms with van der Waals surface area (Å²) < 4.78 is 14.6. The van der Waals surface area contributed by atoms with Crippen molar-refractivity contribution < 1.29 is 4.39 Å². The van der Waals surface area contributed by atoms with E-state index in [4.69, 9.17) is 5.73 Å².